The molecule has 0 aliphatic rings. The Morgan fingerprint density at radius 2 is 1.71 bits per heavy atom. The molecule has 0 aliphatic carbocycles. The highest BCUT2D eigenvalue weighted by atomic mass is 16.5. The van der Waals surface area contributed by atoms with Crippen molar-refractivity contribution in [3.8, 4) is 11.5 Å². The molecule has 0 bridgehead atoms. The van der Waals surface area contributed by atoms with Gasteiger partial charge in [0, 0.05) is 11.6 Å². The summed E-state index contributed by atoms with van der Waals surface area (Å²) in [5.74, 6) is -0.719. The van der Waals surface area contributed by atoms with Gasteiger partial charge >= 0.3 is 5.97 Å². The summed E-state index contributed by atoms with van der Waals surface area (Å²) < 4.78 is 15.2. The van der Waals surface area contributed by atoms with E-state index in [9.17, 15) is 14.4 Å². The lowest BCUT2D eigenvalue weighted by Gasteiger charge is -2.14. The molecule has 0 spiro atoms. The number of rotatable bonds is 8. The monoisotopic (exact) mass is 386 g/mol. The number of carbonyl (C=O) groups is 3. The van der Waals surface area contributed by atoms with Gasteiger partial charge in [-0.05, 0) is 31.2 Å². The third-order valence-electron chi connectivity index (χ3n) is 3.76. The molecule has 0 unspecified atom stereocenters. The lowest BCUT2D eigenvalue weighted by atomic mass is 10.2. The predicted octanol–water partition coefficient (Wildman–Crippen LogP) is 2.00. The van der Waals surface area contributed by atoms with Gasteiger partial charge in [-0.2, -0.15) is 0 Å². The number of hydrogen-bond donors (Lipinski definition) is 2. The first-order valence-electron chi connectivity index (χ1n) is 8.49. The maximum absolute atomic E-state index is 12.1. The van der Waals surface area contributed by atoms with Gasteiger partial charge in [0.15, 0.2) is 6.61 Å². The Kier molecular flexibility index (Phi) is 7.38. The van der Waals surface area contributed by atoms with E-state index in [0.717, 1.165) is 0 Å². The predicted molar refractivity (Wildman–Crippen MR) is 103 cm³/mol. The van der Waals surface area contributed by atoms with Crippen LogP contribution in [0.3, 0.4) is 0 Å². The molecule has 0 saturated carbocycles. The fourth-order valence-corrected chi connectivity index (χ4v) is 2.29. The van der Waals surface area contributed by atoms with Gasteiger partial charge in [0.2, 0.25) is 0 Å². The van der Waals surface area contributed by atoms with E-state index < -0.39 is 30.4 Å². The number of nitrogens with one attached hydrogen (secondary N) is 2. The first-order valence-corrected chi connectivity index (χ1v) is 8.49. The molecule has 8 nitrogen and oxygen atoms in total. The molecule has 0 aliphatic heterocycles. The molecule has 28 heavy (non-hydrogen) atoms. The van der Waals surface area contributed by atoms with Gasteiger partial charge in [-0.25, -0.2) is 4.79 Å². The summed E-state index contributed by atoms with van der Waals surface area (Å²) in [6.07, 6.45) is 0. The lowest BCUT2D eigenvalue weighted by Crippen LogP contribution is -2.40. The normalized spacial score (nSPS) is 11.1. The molecule has 148 valence electrons. The number of ether oxygens (including phenoxy) is 3. The summed E-state index contributed by atoms with van der Waals surface area (Å²) in [7, 11) is 2.97. The van der Waals surface area contributed by atoms with Crippen LogP contribution < -0.4 is 20.1 Å². The van der Waals surface area contributed by atoms with Gasteiger partial charge in [-0.1, -0.05) is 18.2 Å². The quantitative estimate of drug-likeness (QED) is 0.673. The van der Waals surface area contributed by atoms with Crippen LogP contribution in [0.1, 0.15) is 17.3 Å². The standard InChI is InChI=1S/C20H22N2O6/c1-13(21-19(24)14-7-5-4-6-8-14)20(25)28-12-18(23)22-16-11-15(26-2)9-10-17(16)27-3/h4-11,13H,12H2,1-3H3,(H,21,24)(H,22,23)/t13-/m0/s1. The van der Waals surface area contributed by atoms with Crippen LogP contribution in [0.4, 0.5) is 5.69 Å². The van der Waals surface area contributed by atoms with Crippen molar-refractivity contribution in [2.75, 3.05) is 26.1 Å². The van der Waals surface area contributed by atoms with Crippen molar-refractivity contribution < 1.29 is 28.6 Å². The van der Waals surface area contributed by atoms with E-state index in [2.05, 4.69) is 10.6 Å². The maximum atomic E-state index is 12.1. The second-order valence-electron chi connectivity index (χ2n) is 5.78. The second-order valence-corrected chi connectivity index (χ2v) is 5.78. The molecular weight excluding hydrogens is 364 g/mol. The zero-order valence-electron chi connectivity index (χ0n) is 15.9. The molecule has 1 atom stereocenters. The Morgan fingerprint density at radius 3 is 2.36 bits per heavy atom. The SMILES string of the molecule is COc1ccc(OC)c(NC(=O)COC(=O)[C@H](C)NC(=O)c2ccccc2)c1. The van der Waals surface area contributed by atoms with E-state index in [4.69, 9.17) is 14.2 Å². The van der Waals surface area contributed by atoms with E-state index in [-0.39, 0.29) is 0 Å². The summed E-state index contributed by atoms with van der Waals surface area (Å²) >= 11 is 0. The van der Waals surface area contributed by atoms with Crippen molar-refractivity contribution in [1.29, 1.82) is 0 Å². The zero-order chi connectivity index (χ0) is 20.5. The number of benzene rings is 2. The summed E-state index contributed by atoms with van der Waals surface area (Å²) in [4.78, 5) is 36.2. The summed E-state index contributed by atoms with van der Waals surface area (Å²) in [5.41, 5.74) is 0.804. The number of hydrogen-bond acceptors (Lipinski definition) is 6. The van der Waals surface area contributed by atoms with Crippen LogP contribution in [0.2, 0.25) is 0 Å². The van der Waals surface area contributed by atoms with Crippen LogP contribution in [-0.4, -0.2) is 44.7 Å². The van der Waals surface area contributed by atoms with Crippen LogP contribution in [0.5, 0.6) is 11.5 Å². The van der Waals surface area contributed by atoms with Gasteiger partial charge in [0.25, 0.3) is 11.8 Å². The third kappa shape index (κ3) is 5.73. The van der Waals surface area contributed by atoms with Crippen LogP contribution >= 0.6 is 0 Å². The van der Waals surface area contributed by atoms with Crippen molar-refractivity contribution in [2.45, 2.75) is 13.0 Å². The maximum Gasteiger partial charge on any atom is 0.328 e. The first-order chi connectivity index (χ1) is 13.4. The molecule has 2 amide bonds. The van der Waals surface area contributed by atoms with Gasteiger partial charge < -0.3 is 24.8 Å². The number of amides is 2. The van der Waals surface area contributed by atoms with E-state index in [0.29, 0.717) is 22.7 Å². The minimum atomic E-state index is -0.910. The Hall–Kier alpha value is -3.55. The minimum absolute atomic E-state index is 0.383. The topological polar surface area (TPSA) is 103 Å². The Balaban J connectivity index is 1.86. The molecule has 0 aromatic heterocycles. The fourth-order valence-electron chi connectivity index (χ4n) is 2.29. The third-order valence-corrected chi connectivity index (χ3v) is 3.76. The molecule has 2 rings (SSSR count). The molecular formula is C20H22N2O6. The molecule has 2 aromatic carbocycles. The molecule has 0 radical (unpaired) electrons. The van der Waals surface area contributed by atoms with Crippen LogP contribution in [0.25, 0.3) is 0 Å². The largest absolute Gasteiger partial charge is 0.497 e. The van der Waals surface area contributed by atoms with Crippen molar-refractivity contribution in [1.82, 2.24) is 5.32 Å². The second kappa shape index (κ2) is 9.96. The highest BCUT2D eigenvalue weighted by Crippen LogP contribution is 2.28. The number of methoxy groups -OCH3 is 2. The van der Waals surface area contributed by atoms with Crippen LogP contribution in [0, 0.1) is 0 Å². The highest BCUT2D eigenvalue weighted by molar-refractivity contribution is 5.97. The van der Waals surface area contributed by atoms with Gasteiger partial charge in [-0.15, -0.1) is 0 Å². The molecule has 0 heterocycles. The lowest BCUT2D eigenvalue weighted by molar-refractivity contribution is -0.148. The summed E-state index contributed by atoms with van der Waals surface area (Å²) in [6.45, 7) is 0.969. The Labute approximate surface area is 162 Å². The molecule has 2 N–H and O–H groups in total. The highest BCUT2D eigenvalue weighted by Gasteiger charge is 2.19. The van der Waals surface area contributed by atoms with Crippen molar-refractivity contribution in [3.05, 3.63) is 54.1 Å². The average molecular weight is 386 g/mol. The van der Waals surface area contributed by atoms with E-state index in [1.54, 1.807) is 48.5 Å². The number of carbonyl (C=O) groups excluding carboxylic acids is 3. The van der Waals surface area contributed by atoms with Gasteiger partial charge in [0.05, 0.1) is 19.9 Å². The van der Waals surface area contributed by atoms with Crippen molar-refractivity contribution in [2.24, 2.45) is 0 Å². The van der Waals surface area contributed by atoms with E-state index in [1.165, 1.54) is 21.1 Å². The van der Waals surface area contributed by atoms with Crippen LogP contribution in [0.15, 0.2) is 48.5 Å². The minimum Gasteiger partial charge on any atom is -0.497 e. The van der Waals surface area contributed by atoms with E-state index >= 15 is 0 Å². The van der Waals surface area contributed by atoms with Crippen LogP contribution in [-0.2, 0) is 14.3 Å². The molecule has 0 saturated heterocycles. The number of anilines is 1. The van der Waals surface area contributed by atoms with Crippen molar-refractivity contribution >= 4 is 23.5 Å². The van der Waals surface area contributed by atoms with Crippen molar-refractivity contribution in [3.63, 3.8) is 0 Å². The summed E-state index contributed by atoms with van der Waals surface area (Å²) in [5, 5.41) is 5.11. The van der Waals surface area contributed by atoms with Gasteiger partial charge in [-0.3, -0.25) is 9.59 Å². The number of esters is 1. The average Bonchev–Trinajstić information content (AvgIpc) is 2.72. The smallest absolute Gasteiger partial charge is 0.328 e. The summed E-state index contributed by atoms with van der Waals surface area (Å²) in [6, 6.07) is 12.5. The van der Waals surface area contributed by atoms with E-state index in [1.807, 2.05) is 0 Å². The van der Waals surface area contributed by atoms with Gasteiger partial charge in [0.1, 0.15) is 17.5 Å². The Morgan fingerprint density at radius 1 is 1.00 bits per heavy atom. The zero-order valence-corrected chi connectivity index (χ0v) is 15.9. The molecule has 8 heteroatoms. The molecule has 2 aromatic rings. The first kappa shape index (κ1) is 20.8. The molecule has 0 fully saturated rings. The Bertz CT molecular complexity index is 838. The fraction of sp³-hybridized carbons (Fsp3) is 0.250.